The summed E-state index contributed by atoms with van der Waals surface area (Å²) in [6.07, 6.45) is -1.73. The summed E-state index contributed by atoms with van der Waals surface area (Å²) in [6, 6.07) is 0.115. The molecule has 0 aliphatic carbocycles. The lowest BCUT2D eigenvalue weighted by Crippen LogP contribution is -2.32. The van der Waals surface area contributed by atoms with Gasteiger partial charge in [0.25, 0.3) is 6.43 Å². The third-order valence-corrected chi connectivity index (χ3v) is 2.84. The molecular formula is C10H16F2N4. The largest absolute Gasteiger partial charge is 0.354 e. The summed E-state index contributed by atoms with van der Waals surface area (Å²) in [5, 5.41) is 6.89. The number of alkyl halides is 2. The first-order valence-corrected chi connectivity index (χ1v) is 5.38. The maximum Gasteiger partial charge on any atom is 0.299 e. The molecule has 1 aromatic heterocycles. The van der Waals surface area contributed by atoms with Crippen LogP contribution in [0.4, 0.5) is 14.7 Å². The Morgan fingerprint density at radius 2 is 2.12 bits per heavy atom. The van der Waals surface area contributed by atoms with Crippen LogP contribution in [0.25, 0.3) is 0 Å². The molecular weight excluding hydrogens is 214 g/mol. The van der Waals surface area contributed by atoms with Crippen molar-refractivity contribution in [3.8, 4) is 0 Å². The van der Waals surface area contributed by atoms with Crippen LogP contribution in [-0.2, 0) is 0 Å². The molecule has 6 heteroatoms. The molecule has 90 valence electrons. The Morgan fingerprint density at radius 3 is 2.69 bits per heavy atom. The quantitative estimate of drug-likeness (QED) is 0.806. The zero-order valence-corrected chi connectivity index (χ0v) is 9.67. The lowest BCUT2D eigenvalue weighted by molar-refractivity contribution is 0.137. The Kier molecular flexibility index (Phi) is 2.59. The predicted octanol–water partition coefficient (Wildman–Crippen LogP) is 2.62. The molecule has 4 nitrogen and oxygen atoms in total. The summed E-state index contributed by atoms with van der Waals surface area (Å²) in [4.78, 5) is 3.80. The molecule has 0 fully saturated rings. The number of hydrogen-bond acceptors (Lipinski definition) is 3. The van der Waals surface area contributed by atoms with E-state index < -0.39 is 12.2 Å². The number of anilines is 1. The fourth-order valence-corrected chi connectivity index (χ4v) is 2.01. The van der Waals surface area contributed by atoms with E-state index in [0.717, 1.165) is 13.0 Å². The lowest BCUT2D eigenvalue weighted by atomic mass is 9.84. The summed E-state index contributed by atoms with van der Waals surface area (Å²) >= 11 is 0. The molecule has 0 radical (unpaired) electrons. The Bertz CT molecular complexity index is 381. The third-order valence-electron chi connectivity index (χ3n) is 2.84. The van der Waals surface area contributed by atoms with E-state index >= 15 is 0 Å². The van der Waals surface area contributed by atoms with Crippen molar-refractivity contribution in [3.05, 3.63) is 5.82 Å². The molecule has 1 aliphatic rings. The molecule has 0 spiro atoms. The molecule has 2 rings (SSSR count). The van der Waals surface area contributed by atoms with Gasteiger partial charge in [0.15, 0.2) is 0 Å². The van der Waals surface area contributed by atoms with Gasteiger partial charge in [-0.2, -0.15) is 4.98 Å². The summed E-state index contributed by atoms with van der Waals surface area (Å²) < 4.78 is 26.6. The van der Waals surface area contributed by atoms with Gasteiger partial charge in [-0.1, -0.05) is 20.8 Å². The number of hydrogen-bond donors (Lipinski definition) is 1. The number of nitrogens with one attached hydrogen (secondary N) is 1. The van der Waals surface area contributed by atoms with Crippen LogP contribution in [0.1, 0.15) is 45.5 Å². The Hall–Kier alpha value is -1.20. The highest BCUT2D eigenvalue weighted by Gasteiger charge is 2.33. The van der Waals surface area contributed by atoms with Crippen molar-refractivity contribution in [2.45, 2.75) is 39.7 Å². The van der Waals surface area contributed by atoms with Gasteiger partial charge in [-0.05, 0) is 11.8 Å². The molecule has 0 saturated heterocycles. The SMILES string of the molecule is CC(C)(C)C1CCNc2nc(C(F)F)nn21. The van der Waals surface area contributed by atoms with Gasteiger partial charge in [-0.15, -0.1) is 5.10 Å². The fraction of sp³-hybridized carbons (Fsp3) is 0.800. The summed E-state index contributed by atoms with van der Waals surface area (Å²) in [5.41, 5.74) is -0.00998. The van der Waals surface area contributed by atoms with E-state index in [0.29, 0.717) is 5.95 Å². The molecule has 2 heterocycles. The number of rotatable bonds is 1. The Balaban J connectivity index is 2.38. The number of aromatic nitrogens is 3. The van der Waals surface area contributed by atoms with E-state index in [1.54, 1.807) is 4.68 Å². The summed E-state index contributed by atoms with van der Waals surface area (Å²) in [7, 11) is 0. The topological polar surface area (TPSA) is 42.7 Å². The first-order valence-electron chi connectivity index (χ1n) is 5.38. The van der Waals surface area contributed by atoms with E-state index in [2.05, 4.69) is 36.2 Å². The number of nitrogens with zero attached hydrogens (tertiary/aromatic N) is 3. The van der Waals surface area contributed by atoms with E-state index in [4.69, 9.17) is 0 Å². The minimum Gasteiger partial charge on any atom is -0.354 e. The minimum atomic E-state index is -2.61. The van der Waals surface area contributed by atoms with Gasteiger partial charge in [-0.25, -0.2) is 13.5 Å². The monoisotopic (exact) mass is 230 g/mol. The van der Waals surface area contributed by atoms with Crippen molar-refractivity contribution in [1.29, 1.82) is 0 Å². The minimum absolute atomic E-state index is 0.00998. The Morgan fingerprint density at radius 1 is 1.44 bits per heavy atom. The average Bonchev–Trinajstić information content (AvgIpc) is 2.58. The van der Waals surface area contributed by atoms with Crippen LogP contribution in [-0.4, -0.2) is 21.3 Å². The molecule has 0 saturated carbocycles. The van der Waals surface area contributed by atoms with E-state index in [1.165, 1.54) is 0 Å². The second-order valence-corrected chi connectivity index (χ2v) is 5.14. The van der Waals surface area contributed by atoms with Crippen LogP contribution in [0.2, 0.25) is 0 Å². The van der Waals surface area contributed by atoms with Crippen molar-refractivity contribution in [3.63, 3.8) is 0 Å². The van der Waals surface area contributed by atoms with Gasteiger partial charge < -0.3 is 5.32 Å². The van der Waals surface area contributed by atoms with Crippen molar-refractivity contribution >= 4 is 5.95 Å². The second kappa shape index (κ2) is 3.68. The van der Waals surface area contributed by atoms with Crippen molar-refractivity contribution in [2.24, 2.45) is 5.41 Å². The molecule has 1 aliphatic heterocycles. The lowest BCUT2D eigenvalue weighted by Gasteiger charge is -2.34. The van der Waals surface area contributed by atoms with Gasteiger partial charge in [0.2, 0.25) is 11.8 Å². The first-order chi connectivity index (χ1) is 7.39. The highest BCUT2D eigenvalue weighted by Crippen LogP contribution is 2.37. The van der Waals surface area contributed by atoms with Crippen LogP contribution >= 0.6 is 0 Å². The smallest absolute Gasteiger partial charge is 0.299 e. The zero-order valence-electron chi connectivity index (χ0n) is 9.67. The zero-order chi connectivity index (χ0) is 11.9. The van der Waals surface area contributed by atoms with Gasteiger partial charge in [0.05, 0.1) is 6.04 Å². The third kappa shape index (κ3) is 1.88. The van der Waals surface area contributed by atoms with E-state index in [1.807, 2.05) is 0 Å². The maximum absolute atomic E-state index is 12.5. The predicted molar refractivity (Wildman–Crippen MR) is 56.6 cm³/mol. The van der Waals surface area contributed by atoms with Crippen LogP contribution < -0.4 is 5.32 Å². The Labute approximate surface area is 93.1 Å². The maximum atomic E-state index is 12.5. The van der Waals surface area contributed by atoms with Crippen LogP contribution in [0.15, 0.2) is 0 Å². The van der Waals surface area contributed by atoms with Crippen molar-refractivity contribution < 1.29 is 8.78 Å². The van der Waals surface area contributed by atoms with Crippen LogP contribution in [0.5, 0.6) is 0 Å². The molecule has 1 N–H and O–H groups in total. The highest BCUT2D eigenvalue weighted by molar-refractivity contribution is 5.28. The van der Waals surface area contributed by atoms with E-state index in [9.17, 15) is 8.78 Å². The molecule has 1 atom stereocenters. The standard InChI is InChI=1S/C10H16F2N4/c1-10(2,3)6-4-5-13-9-14-8(7(11)12)15-16(6)9/h6-7H,4-5H2,1-3H3,(H,13,14,15). The summed E-state index contributed by atoms with van der Waals surface area (Å²) in [6.45, 7) is 6.99. The molecule has 0 aromatic carbocycles. The number of halogens is 2. The molecule has 0 amide bonds. The van der Waals surface area contributed by atoms with Gasteiger partial charge >= 0.3 is 0 Å². The van der Waals surface area contributed by atoms with Crippen LogP contribution in [0.3, 0.4) is 0 Å². The normalized spacial score (nSPS) is 20.8. The first kappa shape index (κ1) is 11.3. The van der Waals surface area contributed by atoms with Gasteiger partial charge in [0, 0.05) is 6.54 Å². The second-order valence-electron chi connectivity index (χ2n) is 5.14. The molecule has 0 bridgehead atoms. The van der Waals surface area contributed by atoms with Crippen LogP contribution in [0, 0.1) is 5.41 Å². The van der Waals surface area contributed by atoms with Crippen molar-refractivity contribution in [1.82, 2.24) is 14.8 Å². The van der Waals surface area contributed by atoms with Gasteiger partial charge in [-0.3, -0.25) is 0 Å². The van der Waals surface area contributed by atoms with E-state index in [-0.39, 0.29) is 11.5 Å². The molecule has 1 aromatic rings. The fourth-order valence-electron chi connectivity index (χ4n) is 2.01. The average molecular weight is 230 g/mol. The summed E-state index contributed by atoms with van der Waals surface area (Å²) in [5.74, 6) is 0.0696. The highest BCUT2D eigenvalue weighted by atomic mass is 19.3. The number of fused-ring (bicyclic) bond motifs is 1. The molecule has 16 heavy (non-hydrogen) atoms. The van der Waals surface area contributed by atoms with Gasteiger partial charge in [0.1, 0.15) is 0 Å². The van der Waals surface area contributed by atoms with Crippen molar-refractivity contribution in [2.75, 3.05) is 11.9 Å². The molecule has 1 unspecified atom stereocenters.